The molecule has 1 aromatic carbocycles. The van der Waals surface area contributed by atoms with Gasteiger partial charge in [-0.05, 0) is 56.7 Å². The lowest BCUT2D eigenvalue weighted by molar-refractivity contribution is -0.143. The number of piperidine rings is 1. The van der Waals surface area contributed by atoms with E-state index >= 15 is 0 Å². The smallest absolute Gasteiger partial charge is 0.416 e. The van der Waals surface area contributed by atoms with Crippen LogP contribution in [-0.4, -0.2) is 44.1 Å². The van der Waals surface area contributed by atoms with E-state index in [4.69, 9.17) is 9.15 Å². The number of alkyl halides is 6. The molecule has 0 spiro atoms. The van der Waals surface area contributed by atoms with Crippen molar-refractivity contribution in [2.75, 3.05) is 23.3 Å². The molecule has 3 aromatic rings. The van der Waals surface area contributed by atoms with Crippen molar-refractivity contribution in [1.29, 1.82) is 0 Å². The SMILES string of the molecule is Cc1nnc(N2CC3CCC(C2)C3Nc2nc(Oc3cc(C(F)(F)F)cc(C(F)(F)F)c3)n(C(C)C)n2)o1. The Labute approximate surface area is 213 Å². The van der Waals surface area contributed by atoms with E-state index in [-0.39, 0.29) is 41.9 Å². The molecule has 2 aliphatic rings. The highest BCUT2D eigenvalue weighted by Gasteiger charge is 2.44. The monoisotopic (exact) mass is 545 g/mol. The average molecular weight is 545 g/mol. The molecular weight excluding hydrogens is 520 g/mol. The predicted molar refractivity (Wildman–Crippen MR) is 122 cm³/mol. The van der Waals surface area contributed by atoms with Gasteiger partial charge in [-0.1, -0.05) is 5.10 Å². The van der Waals surface area contributed by atoms with Crippen LogP contribution in [0.5, 0.6) is 11.8 Å². The van der Waals surface area contributed by atoms with Crippen molar-refractivity contribution < 1.29 is 35.5 Å². The second-order valence-electron chi connectivity index (χ2n) is 9.88. The quantitative estimate of drug-likeness (QED) is 0.394. The van der Waals surface area contributed by atoms with Gasteiger partial charge in [0.15, 0.2) is 0 Å². The van der Waals surface area contributed by atoms with Crippen LogP contribution in [0.25, 0.3) is 0 Å². The Morgan fingerprint density at radius 3 is 2.08 bits per heavy atom. The summed E-state index contributed by atoms with van der Waals surface area (Å²) in [6.07, 6.45) is -8.09. The van der Waals surface area contributed by atoms with Crippen LogP contribution in [0.2, 0.25) is 0 Å². The number of nitrogens with zero attached hydrogens (tertiary/aromatic N) is 6. The first-order valence-electron chi connectivity index (χ1n) is 12.0. The van der Waals surface area contributed by atoms with Gasteiger partial charge in [0.1, 0.15) is 5.75 Å². The van der Waals surface area contributed by atoms with E-state index in [1.54, 1.807) is 20.8 Å². The van der Waals surface area contributed by atoms with E-state index in [0.717, 1.165) is 12.8 Å². The maximum Gasteiger partial charge on any atom is 0.416 e. The van der Waals surface area contributed by atoms with Crippen molar-refractivity contribution in [2.24, 2.45) is 11.8 Å². The highest BCUT2D eigenvalue weighted by Crippen LogP contribution is 2.41. The minimum Gasteiger partial charge on any atom is -0.424 e. The van der Waals surface area contributed by atoms with Gasteiger partial charge in [0, 0.05) is 26.1 Å². The summed E-state index contributed by atoms with van der Waals surface area (Å²) in [5, 5.41) is 15.7. The third-order valence-electron chi connectivity index (χ3n) is 6.77. The predicted octanol–water partition coefficient (Wildman–Crippen LogP) is 5.71. The normalized spacial score (nSPS) is 21.8. The van der Waals surface area contributed by atoms with Gasteiger partial charge in [-0.15, -0.1) is 10.2 Å². The molecule has 9 nitrogen and oxygen atoms in total. The molecule has 1 aliphatic carbocycles. The third-order valence-corrected chi connectivity index (χ3v) is 6.77. The van der Waals surface area contributed by atoms with Crippen LogP contribution >= 0.6 is 0 Å². The van der Waals surface area contributed by atoms with Crippen LogP contribution in [0.15, 0.2) is 22.6 Å². The van der Waals surface area contributed by atoms with Gasteiger partial charge >= 0.3 is 24.4 Å². The van der Waals surface area contributed by atoms with Gasteiger partial charge in [-0.2, -0.15) is 31.3 Å². The first-order chi connectivity index (χ1) is 17.8. The molecule has 2 aromatic heterocycles. The molecule has 0 amide bonds. The number of benzene rings is 1. The molecule has 2 atom stereocenters. The summed E-state index contributed by atoms with van der Waals surface area (Å²) in [5.74, 6) is 0.451. The largest absolute Gasteiger partial charge is 0.424 e. The molecule has 1 N–H and O–H groups in total. The van der Waals surface area contributed by atoms with Gasteiger partial charge in [-0.3, -0.25) is 0 Å². The van der Waals surface area contributed by atoms with Crippen molar-refractivity contribution >= 4 is 12.0 Å². The number of aryl methyl sites for hydroxylation is 1. The Hall–Kier alpha value is -3.52. The summed E-state index contributed by atoms with van der Waals surface area (Å²) in [6.45, 7) is 6.56. The van der Waals surface area contributed by atoms with Gasteiger partial charge in [0.2, 0.25) is 11.8 Å². The fourth-order valence-corrected chi connectivity index (χ4v) is 5.04. The molecule has 1 aliphatic heterocycles. The summed E-state index contributed by atoms with van der Waals surface area (Å²) >= 11 is 0. The number of fused-ring (bicyclic) bond motifs is 2. The zero-order valence-electron chi connectivity index (χ0n) is 20.6. The zero-order valence-corrected chi connectivity index (χ0v) is 20.6. The van der Waals surface area contributed by atoms with Crippen molar-refractivity contribution in [3.8, 4) is 11.8 Å². The van der Waals surface area contributed by atoms with Gasteiger partial charge in [-0.25, -0.2) is 4.68 Å². The number of ether oxygens (including phenoxy) is 1. The third kappa shape index (κ3) is 5.23. The molecule has 1 saturated heterocycles. The molecule has 15 heteroatoms. The molecule has 5 rings (SSSR count). The first kappa shape index (κ1) is 26.1. The number of aromatic nitrogens is 5. The second-order valence-corrected chi connectivity index (χ2v) is 9.88. The molecule has 2 fully saturated rings. The van der Waals surface area contributed by atoms with Crippen LogP contribution in [-0.2, 0) is 12.4 Å². The first-order valence-corrected chi connectivity index (χ1v) is 12.0. The van der Waals surface area contributed by atoms with Gasteiger partial charge in [0.05, 0.1) is 17.2 Å². The Morgan fingerprint density at radius 2 is 1.58 bits per heavy atom. The maximum atomic E-state index is 13.3. The fourth-order valence-electron chi connectivity index (χ4n) is 5.04. The molecule has 3 heterocycles. The Kier molecular flexibility index (Phi) is 6.42. The molecule has 1 saturated carbocycles. The van der Waals surface area contributed by atoms with Gasteiger partial charge < -0.3 is 19.4 Å². The molecule has 206 valence electrons. The standard InChI is InChI=1S/C23H25F6N7O2/c1-11(2)36-20(38-17-7-15(22(24,25)26)6-16(8-17)23(27,28)29)31-19(34-36)30-18-13-4-5-14(18)10-35(9-13)21-33-32-12(3)37-21/h6-8,11,13-14,18H,4-5,9-10H2,1-3H3,(H,30,34). The Bertz CT molecular complexity index is 1260. The maximum absolute atomic E-state index is 13.3. The minimum absolute atomic E-state index is 0.0107. The number of hydrogen-bond donors (Lipinski definition) is 1. The van der Waals surface area contributed by atoms with Crippen molar-refractivity contribution in [1.82, 2.24) is 25.0 Å². The van der Waals surface area contributed by atoms with Crippen LogP contribution in [0.4, 0.5) is 38.3 Å². The Balaban J connectivity index is 1.38. The lowest BCUT2D eigenvalue weighted by Gasteiger charge is -2.37. The van der Waals surface area contributed by atoms with Gasteiger partial charge in [0.25, 0.3) is 0 Å². The van der Waals surface area contributed by atoms with E-state index in [1.165, 1.54) is 4.68 Å². The van der Waals surface area contributed by atoms with Crippen LogP contribution in [0.1, 0.15) is 49.7 Å². The molecule has 38 heavy (non-hydrogen) atoms. The summed E-state index contributed by atoms with van der Waals surface area (Å²) in [7, 11) is 0. The summed E-state index contributed by atoms with van der Waals surface area (Å²) in [5.41, 5.74) is -2.95. The second kappa shape index (κ2) is 9.34. The van der Waals surface area contributed by atoms with E-state index in [1.807, 2.05) is 4.90 Å². The van der Waals surface area contributed by atoms with E-state index in [2.05, 4.69) is 25.6 Å². The summed E-state index contributed by atoms with van der Waals surface area (Å²) in [4.78, 5) is 6.33. The zero-order chi connectivity index (χ0) is 27.4. The average Bonchev–Trinajstić information content (AvgIpc) is 3.48. The van der Waals surface area contributed by atoms with Crippen LogP contribution in [0, 0.1) is 18.8 Å². The molecule has 0 radical (unpaired) electrons. The van der Waals surface area contributed by atoms with Crippen molar-refractivity contribution in [3.63, 3.8) is 0 Å². The fraction of sp³-hybridized carbons (Fsp3) is 0.565. The van der Waals surface area contributed by atoms with Crippen LogP contribution < -0.4 is 15.0 Å². The highest BCUT2D eigenvalue weighted by atomic mass is 19.4. The minimum atomic E-state index is -4.99. The Morgan fingerprint density at radius 1 is 0.974 bits per heavy atom. The molecular formula is C23H25F6N7O2. The summed E-state index contributed by atoms with van der Waals surface area (Å²) < 4.78 is 92.0. The van der Waals surface area contributed by atoms with Crippen molar-refractivity contribution in [3.05, 3.63) is 35.2 Å². The lowest BCUT2D eigenvalue weighted by atomic mass is 9.92. The van der Waals surface area contributed by atoms with Crippen LogP contribution in [0.3, 0.4) is 0 Å². The van der Waals surface area contributed by atoms with E-state index < -0.39 is 29.2 Å². The number of anilines is 2. The van der Waals surface area contributed by atoms with E-state index in [9.17, 15) is 26.3 Å². The number of halogens is 6. The van der Waals surface area contributed by atoms with Crippen molar-refractivity contribution in [2.45, 2.75) is 58.0 Å². The lowest BCUT2D eigenvalue weighted by Crippen LogP contribution is -2.48. The number of hydrogen-bond acceptors (Lipinski definition) is 8. The molecule has 2 unspecified atom stereocenters. The number of rotatable bonds is 6. The van der Waals surface area contributed by atoms with E-state index in [0.29, 0.717) is 37.1 Å². The topological polar surface area (TPSA) is 94.1 Å². The molecule has 2 bridgehead atoms. The summed E-state index contributed by atoms with van der Waals surface area (Å²) in [6, 6.07) is 0.992. The highest BCUT2D eigenvalue weighted by molar-refractivity contribution is 5.40. The number of nitrogens with one attached hydrogen (secondary N) is 1.